The Hall–Kier alpha value is -2.34. The van der Waals surface area contributed by atoms with Gasteiger partial charge in [0.1, 0.15) is 12.2 Å². The first-order valence-corrected chi connectivity index (χ1v) is 8.77. The van der Waals surface area contributed by atoms with Crippen molar-refractivity contribution in [3.8, 4) is 0 Å². The molecule has 2 aliphatic rings. The van der Waals surface area contributed by atoms with Gasteiger partial charge in [0.2, 0.25) is 0 Å². The first-order chi connectivity index (χ1) is 12.0. The quantitative estimate of drug-likeness (QED) is 0.932. The molecule has 0 saturated carbocycles. The molecule has 2 fully saturated rings. The van der Waals surface area contributed by atoms with Gasteiger partial charge in [0.05, 0.1) is 5.69 Å². The van der Waals surface area contributed by atoms with Crippen LogP contribution < -0.4 is 0 Å². The summed E-state index contributed by atoms with van der Waals surface area (Å²) in [6.45, 7) is 0.278. The largest absolute Gasteiger partial charge is 0.445 e. The normalized spacial score (nSPS) is 28.2. The van der Waals surface area contributed by atoms with Crippen molar-refractivity contribution in [3.63, 3.8) is 0 Å². The topological polar surface area (TPSA) is 67.6 Å². The van der Waals surface area contributed by atoms with E-state index in [0.29, 0.717) is 18.5 Å². The van der Waals surface area contributed by atoms with Gasteiger partial charge in [-0.25, -0.2) is 4.79 Å². The van der Waals surface area contributed by atoms with E-state index in [1.54, 1.807) is 4.68 Å². The fraction of sp³-hybridized carbons (Fsp3) is 0.474. The summed E-state index contributed by atoms with van der Waals surface area (Å²) in [6, 6.07) is 11.6. The number of aryl methyl sites for hydroxylation is 1. The molecule has 3 heterocycles. The molecule has 2 aliphatic heterocycles. The summed E-state index contributed by atoms with van der Waals surface area (Å²) < 4.78 is 7.22. The molecule has 4 rings (SSSR count). The number of hydrogen-bond acceptors (Lipinski definition) is 4. The summed E-state index contributed by atoms with van der Waals surface area (Å²) in [6.07, 6.45) is 4.40. The lowest BCUT2D eigenvalue weighted by Crippen LogP contribution is -2.52. The summed E-state index contributed by atoms with van der Waals surface area (Å²) in [7, 11) is 1.84. The molecule has 1 amide bonds. The van der Waals surface area contributed by atoms with E-state index in [1.807, 2.05) is 54.5 Å². The number of piperidine rings is 1. The number of fused-ring (bicyclic) bond motifs is 2. The Labute approximate surface area is 147 Å². The molecule has 1 N–H and O–H groups in total. The molecule has 2 atom stereocenters. The van der Waals surface area contributed by atoms with Gasteiger partial charge in [-0.05, 0) is 24.5 Å². The number of rotatable bonds is 3. The van der Waals surface area contributed by atoms with Crippen LogP contribution in [0.1, 0.15) is 36.9 Å². The van der Waals surface area contributed by atoms with Crippen molar-refractivity contribution in [2.45, 2.75) is 50.0 Å². The first kappa shape index (κ1) is 16.1. The second-order valence-corrected chi connectivity index (χ2v) is 7.15. The van der Waals surface area contributed by atoms with Crippen molar-refractivity contribution in [2.24, 2.45) is 7.05 Å². The van der Waals surface area contributed by atoms with Crippen molar-refractivity contribution >= 4 is 6.09 Å². The Bertz CT molecular complexity index is 744. The van der Waals surface area contributed by atoms with Crippen LogP contribution in [-0.4, -0.2) is 38.0 Å². The van der Waals surface area contributed by atoms with Crippen LogP contribution in [0.15, 0.2) is 42.6 Å². The standard InChI is InChI=1S/C19H23N3O3/c1-21-10-9-17(20-21)19(24)11-15-7-8-16(12-19)22(15)18(23)25-13-14-5-3-2-4-6-14/h2-6,9-10,15-16,24H,7-8,11-13H2,1H3. The van der Waals surface area contributed by atoms with Crippen LogP contribution in [0.5, 0.6) is 0 Å². The predicted molar refractivity (Wildman–Crippen MR) is 91.6 cm³/mol. The Morgan fingerprint density at radius 2 is 1.92 bits per heavy atom. The average Bonchev–Trinajstić information content (AvgIpc) is 3.16. The monoisotopic (exact) mass is 341 g/mol. The highest BCUT2D eigenvalue weighted by Crippen LogP contribution is 2.45. The van der Waals surface area contributed by atoms with Gasteiger partial charge in [-0.1, -0.05) is 30.3 Å². The van der Waals surface area contributed by atoms with Crippen LogP contribution in [0.3, 0.4) is 0 Å². The molecule has 6 heteroatoms. The summed E-state index contributed by atoms with van der Waals surface area (Å²) in [4.78, 5) is 14.4. The van der Waals surface area contributed by atoms with Gasteiger partial charge in [-0.2, -0.15) is 5.10 Å². The van der Waals surface area contributed by atoms with Gasteiger partial charge in [-0.15, -0.1) is 0 Å². The molecule has 132 valence electrons. The van der Waals surface area contributed by atoms with Crippen molar-refractivity contribution in [1.82, 2.24) is 14.7 Å². The number of carbonyl (C=O) groups excluding carboxylic acids is 1. The maximum Gasteiger partial charge on any atom is 0.410 e. The van der Waals surface area contributed by atoms with Crippen LogP contribution in [0.25, 0.3) is 0 Å². The Morgan fingerprint density at radius 3 is 2.52 bits per heavy atom. The number of carbonyl (C=O) groups is 1. The minimum absolute atomic E-state index is 0.00836. The molecular formula is C19H23N3O3. The first-order valence-electron chi connectivity index (χ1n) is 8.77. The Morgan fingerprint density at radius 1 is 1.24 bits per heavy atom. The molecule has 2 unspecified atom stereocenters. The Kier molecular flexibility index (Phi) is 4.00. The highest BCUT2D eigenvalue weighted by Gasteiger charge is 2.51. The lowest BCUT2D eigenvalue weighted by atomic mass is 9.84. The summed E-state index contributed by atoms with van der Waals surface area (Å²) in [5.41, 5.74) is 0.720. The van der Waals surface area contributed by atoms with Crippen LogP contribution in [-0.2, 0) is 24.0 Å². The number of benzene rings is 1. The molecule has 0 aliphatic carbocycles. The molecule has 6 nitrogen and oxygen atoms in total. The molecule has 2 aromatic rings. The zero-order valence-corrected chi connectivity index (χ0v) is 14.3. The third kappa shape index (κ3) is 3.02. The van der Waals surface area contributed by atoms with E-state index in [0.717, 1.165) is 18.4 Å². The molecule has 0 radical (unpaired) electrons. The lowest BCUT2D eigenvalue weighted by Gasteiger charge is -2.42. The minimum atomic E-state index is -0.955. The maximum atomic E-state index is 12.6. The van der Waals surface area contributed by atoms with Gasteiger partial charge in [-0.3, -0.25) is 4.68 Å². The molecule has 1 aromatic heterocycles. The summed E-state index contributed by atoms with van der Waals surface area (Å²) in [5.74, 6) is 0. The second kappa shape index (κ2) is 6.19. The van der Waals surface area contributed by atoms with E-state index in [9.17, 15) is 9.90 Å². The van der Waals surface area contributed by atoms with E-state index in [-0.39, 0.29) is 24.8 Å². The van der Waals surface area contributed by atoms with Gasteiger partial charge < -0.3 is 14.7 Å². The third-order valence-electron chi connectivity index (χ3n) is 5.37. The van der Waals surface area contributed by atoms with E-state index < -0.39 is 5.60 Å². The highest BCUT2D eigenvalue weighted by molar-refractivity contribution is 5.69. The minimum Gasteiger partial charge on any atom is -0.445 e. The maximum absolute atomic E-state index is 12.6. The van der Waals surface area contributed by atoms with E-state index in [1.165, 1.54) is 0 Å². The van der Waals surface area contributed by atoms with Gasteiger partial charge in [0.15, 0.2) is 0 Å². The van der Waals surface area contributed by atoms with E-state index >= 15 is 0 Å². The third-order valence-corrected chi connectivity index (χ3v) is 5.37. The number of amides is 1. The second-order valence-electron chi connectivity index (χ2n) is 7.15. The van der Waals surface area contributed by atoms with Crippen LogP contribution >= 0.6 is 0 Å². The van der Waals surface area contributed by atoms with Crippen molar-refractivity contribution in [1.29, 1.82) is 0 Å². The fourth-order valence-electron chi connectivity index (χ4n) is 4.19. The van der Waals surface area contributed by atoms with E-state index in [4.69, 9.17) is 4.74 Å². The number of hydrogen-bond donors (Lipinski definition) is 1. The lowest BCUT2D eigenvalue weighted by molar-refractivity contribution is -0.0567. The average molecular weight is 341 g/mol. The predicted octanol–water partition coefficient (Wildman–Crippen LogP) is 2.57. The van der Waals surface area contributed by atoms with Crippen LogP contribution in [0.4, 0.5) is 4.79 Å². The van der Waals surface area contributed by atoms with Gasteiger partial charge in [0.25, 0.3) is 0 Å². The Balaban J connectivity index is 1.44. The number of aliphatic hydroxyl groups is 1. The summed E-state index contributed by atoms with van der Waals surface area (Å²) >= 11 is 0. The summed E-state index contributed by atoms with van der Waals surface area (Å²) in [5, 5.41) is 15.5. The SMILES string of the molecule is Cn1ccc(C2(O)CC3CCC(C2)N3C(=O)OCc2ccccc2)n1. The molecular weight excluding hydrogens is 318 g/mol. The van der Waals surface area contributed by atoms with Crippen molar-refractivity contribution in [3.05, 3.63) is 53.9 Å². The molecule has 2 saturated heterocycles. The zero-order chi connectivity index (χ0) is 17.4. The van der Waals surface area contributed by atoms with Crippen LogP contribution in [0, 0.1) is 0 Å². The van der Waals surface area contributed by atoms with Crippen LogP contribution in [0.2, 0.25) is 0 Å². The van der Waals surface area contributed by atoms with E-state index in [2.05, 4.69) is 5.10 Å². The van der Waals surface area contributed by atoms with Gasteiger partial charge in [0, 0.05) is 38.2 Å². The van der Waals surface area contributed by atoms with Gasteiger partial charge >= 0.3 is 6.09 Å². The molecule has 0 spiro atoms. The number of aromatic nitrogens is 2. The molecule has 1 aromatic carbocycles. The molecule has 2 bridgehead atoms. The highest BCUT2D eigenvalue weighted by atomic mass is 16.6. The number of ether oxygens (including phenoxy) is 1. The molecule has 25 heavy (non-hydrogen) atoms. The zero-order valence-electron chi connectivity index (χ0n) is 14.3. The van der Waals surface area contributed by atoms with Crippen molar-refractivity contribution < 1.29 is 14.6 Å². The smallest absolute Gasteiger partial charge is 0.410 e. The number of nitrogens with zero attached hydrogens (tertiary/aromatic N) is 3. The fourth-order valence-corrected chi connectivity index (χ4v) is 4.19. The van der Waals surface area contributed by atoms with Crippen molar-refractivity contribution in [2.75, 3.05) is 0 Å².